The van der Waals surface area contributed by atoms with Crippen molar-refractivity contribution in [1.82, 2.24) is 14.8 Å². The van der Waals surface area contributed by atoms with Gasteiger partial charge in [0.05, 0.1) is 19.1 Å². The highest BCUT2D eigenvalue weighted by Gasteiger charge is 2.63. The maximum atomic E-state index is 13.3. The van der Waals surface area contributed by atoms with Crippen molar-refractivity contribution in [3.05, 3.63) is 59.4 Å². The molecule has 6 nitrogen and oxygen atoms in total. The Morgan fingerprint density at radius 3 is 2.74 bits per heavy atom. The number of amides is 1. The minimum absolute atomic E-state index is 0.104. The number of methoxy groups -OCH3 is 1. The second-order valence-corrected chi connectivity index (χ2v) is 10.8. The summed E-state index contributed by atoms with van der Waals surface area (Å²) in [4.78, 5) is 22.2. The molecule has 1 amide bonds. The summed E-state index contributed by atoms with van der Waals surface area (Å²) in [6, 6.07) is 12.2. The fourth-order valence-corrected chi connectivity index (χ4v) is 7.00. The molecule has 180 valence electrons. The molecule has 2 saturated heterocycles. The van der Waals surface area contributed by atoms with Gasteiger partial charge in [-0.15, -0.1) is 0 Å². The Balaban J connectivity index is 1.35. The number of carbonyl (C=O) groups is 1. The first-order chi connectivity index (χ1) is 16.5. The summed E-state index contributed by atoms with van der Waals surface area (Å²) in [7, 11) is 1.71. The predicted molar refractivity (Wildman–Crippen MR) is 130 cm³/mol. The van der Waals surface area contributed by atoms with Crippen molar-refractivity contribution in [2.24, 2.45) is 5.92 Å². The number of benzene rings is 1. The molecule has 4 aliphatic rings. The lowest BCUT2D eigenvalue weighted by atomic mass is 9.52. The van der Waals surface area contributed by atoms with Gasteiger partial charge in [0.1, 0.15) is 5.75 Å². The maximum absolute atomic E-state index is 13.3. The average Bonchev–Trinajstić information content (AvgIpc) is 3.68. The first kappa shape index (κ1) is 22.1. The van der Waals surface area contributed by atoms with Crippen LogP contribution in [0.15, 0.2) is 42.6 Å². The van der Waals surface area contributed by atoms with Crippen LogP contribution in [0.25, 0.3) is 0 Å². The van der Waals surface area contributed by atoms with Crippen molar-refractivity contribution >= 4 is 5.91 Å². The van der Waals surface area contributed by atoms with E-state index < -0.39 is 5.60 Å². The number of likely N-dealkylation sites (tertiary alicyclic amines) is 2. The van der Waals surface area contributed by atoms with Gasteiger partial charge in [-0.2, -0.15) is 0 Å². The van der Waals surface area contributed by atoms with Crippen molar-refractivity contribution in [2.75, 3.05) is 33.3 Å². The van der Waals surface area contributed by atoms with E-state index in [2.05, 4.69) is 28.1 Å². The molecule has 0 spiro atoms. The van der Waals surface area contributed by atoms with E-state index in [9.17, 15) is 9.90 Å². The van der Waals surface area contributed by atoms with Crippen molar-refractivity contribution in [2.45, 2.75) is 62.0 Å². The van der Waals surface area contributed by atoms with Gasteiger partial charge >= 0.3 is 0 Å². The van der Waals surface area contributed by atoms with E-state index in [1.807, 2.05) is 23.1 Å². The molecule has 3 heterocycles. The lowest BCUT2D eigenvalue weighted by Crippen LogP contribution is -2.71. The predicted octanol–water partition coefficient (Wildman–Crippen LogP) is 2.96. The molecule has 0 radical (unpaired) electrons. The van der Waals surface area contributed by atoms with Crippen LogP contribution in [0.2, 0.25) is 0 Å². The zero-order chi connectivity index (χ0) is 23.3. The molecule has 6 rings (SSSR count). The Morgan fingerprint density at radius 2 is 1.97 bits per heavy atom. The van der Waals surface area contributed by atoms with Crippen LogP contribution in [-0.2, 0) is 23.1 Å². The van der Waals surface area contributed by atoms with Gasteiger partial charge in [0.2, 0.25) is 5.91 Å². The minimum Gasteiger partial charge on any atom is -0.497 e. The van der Waals surface area contributed by atoms with Gasteiger partial charge < -0.3 is 14.7 Å². The number of hydrogen-bond acceptors (Lipinski definition) is 5. The van der Waals surface area contributed by atoms with Gasteiger partial charge in [0, 0.05) is 43.0 Å². The summed E-state index contributed by atoms with van der Waals surface area (Å²) in [5.74, 6) is 1.74. The summed E-state index contributed by atoms with van der Waals surface area (Å²) in [5.41, 5.74) is 2.19. The second kappa shape index (κ2) is 8.35. The number of piperidine rings is 1. The number of aromatic nitrogens is 1. The second-order valence-electron chi connectivity index (χ2n) is 10.8. The van der Waals surface area contributed by atoms with Crippen LogP contribution in [0.3, 0.4) is 0 Å². The monoisotopic (exact) mass is 461 g/mol. The van der Waals surface area contributed by atoms with Gasteiger partial charge in [-0.05, 0) is 86.4 Å². The molecule has 2 aliphatic carbocycles. The molecule has 2 aromatic rings. The van der Waals surface area contributed by atoms with Crippen molar-refractivity contribution in [3.63, 3.8) is 0 Å². The van der Waals surface area contributed by atoms with E-state index in [-0.39, 0.29) is 17.4 Å². The number of carbonyl (C=O) groups excluding carboxylic acids is 1. The van der Waals surface area contributed by atoms with Crippen LogP contribution >= 0.6 is 0 Å². The van der Waals surface area contributed by atoms with Crippen LogP contribution < -0.4 is 4.74 Å². The Morgan fingerprint density at radius 1 is 1.15 bits per heavy atom. The molecular weight excluding hydrogens is 426 g/mol. The first-order valence-electron chi connectivity index (χ1n) is 12.8. The smallest absolute Gasteiger partial charge is 0.228 e. The topological polar surface area (TPSA) is 65.9 Å². The maximum Gasteiger partial charge on any atom is 0.228 e. The summed E-state index contributed by atoms with van der Waals surface area (Å²) < 4.78 is 5.60. The summed E-state index contributed by atoms with van der Waals surface area (Å²) >= 11 is 0. The van der Waals surface area contributed by atoms with Gasteiger partial charge in [-0.3, -0.25) is 14.7 Å². The van der Waals surface area contributed by atoms with Gasteiger partial charge in [-0.25, -0.2) is 0 Å². The molecule has 6 heteroatoms. The molecule has 1 saturated carbocycles. The number of pyridine rings is 1. The molecule has 1 aromatic carbocycles. The fraction of sp³-hybridized carbons (Fsp3) is 0.571. The quantitative estimate of drug-likeness (QED) is 0.742. The van der Waals surface area contributed by atoms with Crippen molar-refractivity contribution in [1.29, 1.82) is 0 Å². The molecule has 34 heavy (non-hydrogen) atoms. The SMILES string of the molecule is COc1ccc2c(c1)[C@@]13CCN(C(=O)Cc4ccccn4)CC[C@@]1(O)[C@@H](C2)N(CC1CC1)CC3. The van der Waals surface area contributed by atoms with E-state index in [4.69, 9.17) is 4.74 Å². The van der Waals surface area contributed by atoms with Gasteiger partial charge in [-0.1, -0.05) is 12.1 Å². The third kappa shape index (κ3) is 3.54. The standard InChI is InChI=1S/C28H35N3O3/c1-34-23-8-7-21-16-25-28(33)11-15-30(26(32)17-22-4-2-3-12-29-22)13-9-27(28,24(21)18-23)10-14-31(25)19-20-5-6-20/h2-4,7-8,12,18,20,25,33H,5-6,9-11,13-17,19H2,1H3/t25-,27+,28-/m1/s1. The molecule has 1 aromatic heterocycles. The zero-order valence-electron chi connectivity index (χ0n) is 20.1. The van der Waals surface area contributed by atoms with Crippen LogP contribution in [0, 0.1) is 5.92 Å². The number of ether oxygens (including phenoxy) is 1. The molecule has 3 atom stereocenters. The number of hydrogen-bond donors (Lipinski definition) is 1. The lowest BCUT2D eigenvalue weighted by Gasteiger charge is -2.61. The van der Waals surface area contributed by atoms with E-state index in [1.165, 1.54) is 24.0 Å². The van der Waals surface area contributed by atoms with E-state index in [0.717, 1.165) is 49.7 Å². The van der Waals surface area contributed by atoms with Gasteiger partial charge in [0.15, 0.2) is 0 Å². The number of nitrogens with zero attached hydrogens (tertiary/aromatic N) is 3. The number of fused-ring (bicyclic) bond motifs is 1. The Bertz CT molecular complexity index is 1070. The average molecular weight is 462 g/mol. The molecule has 1 N–H and O–H groups in total. The molecule has 2 aliphatic heterocycles. The van der Waals surface area contributed by atoms with Crippen molar-refractivity contribution < 1.29 is 14.6 Å². The lowest BCUT2D eigenvalue weighted by molar-refractivity contribution is -0.149. The van der Waals surface area contributed by atoms with Crippen LogP contribution in [-0.4, -0.2) is 70.7 Å². The fourth-order valence-electron chi connectivity index (χ4n) is 7.00. The van der Waals surface area contributed by atoms with Crippen LogP contribution in [0.1, 0.15) is 48.9 Å². The summed E-state index contributed by atoms with van der Waals surface area (Å²) in [6.45, 7) is 3.37. The first-order valence-corrected chi connectivity index (χ1v) is 12.8. The summed E-state index contributed by atoms with van der Waals surface area (Å²) in [5, 5.41) is 12.6. The minimum atomic E-state index is -0.848. The zero-order valence-corrected chi connectivity index (χ0v) is 20.1. The normalized spacial score (nSPS) is 30.8. The third-order valence-electron chi connectivity index (χ3n) is 9.06. The molecular formula is C28H35N3O3. The van der Waals surface area contributed by atoms with Gasteiger partial charge in [0.25, 0.3) is 0 Å². The highest BCUT2D eigenvalue weighted by molar-refractivity contribution is 5.78. The Hall–Kier alpha value is -2.44. The molecule has 3 fully saturated rings. The van der Waals surface area contributed by atoms with Crippen LogP contribution in [0.4, 0.5) is 0 Å². The van der Waals surface area contributed by atoms with E-state index in [1.54, 1.807) is 13.3 Å². The third-order valence-corrected chi connectivity index (χ3v) is 9.06. The van der Waals surface area contributed by atoms with E-state index in [0.29, 0.717) is 25.9 Å². The van der Waals surface area contributed by atoms with Crippen molar-refractivity contribution in [3.8, 4) is 5.75 Å². The van der Waals surface area contributed by atoms with E-state index >= 15 is 0 Å². The number of aliphatic hydroxyl groups is 1. The Labute approximate surface area is 201 Å². The molecule has 2 bridgehead atoms. The molecule has 0 unspecified atom stereocenters. The highest BCUT2D eigenvalue weighted by atomic mass is 16.5. The Kier molecular flexibility index (Phi) is 5.41. The highest BCUT2D eigenvalue weighted by Crippen LogP contribution is 2.56. The largest absolute Gasteiger partial charge is 0.497 e. The summed E-state index contributed by atoms with van der Waals surface area (Å²) in [6.07, 6.45) is 7.88. The van der Waals surface area contributed by atoms with Crippen LogP contribution in [0.5, 0.6) is 5.75 Å². The number of rotatable bonds is 5.